The number of halogens is 2. The van der Waals surface area contributed by atoms with Crippen LogP contribution in [0.4, 0.5) is 8.78 Å². The van der Waals surface area contributed by atoms with E-state index in [1.54, 1.807) is 0 Å². The number of piperidine rings is 1. The van der Waals surface area contributed by atoms with E-state index in [0.717, 1.165) is 62.0 Å². The van der Waals surface area contributed by atoms with E-state index in [-0.39, 0.29) is 17.6 Å². The summed E-state index contributed by atoms with van der Waals surface area (Å²) in [6, 6.07) is 19.1. The number of nitrogens with zero attached hydrogens (tertiary/aromatic N) is 1. The molecule has 1 saturated heterocycles. The Balaban J connectivity index is 1.20. The highest BCUT2D eigenvalue weighted by Gasteiger charge is 2.29. The van der Waals surface area contributed by atoms with Crippen LogP contribution in [-0.4, -0.2) is 34.5 Å². The number of fused-ring (bicyclic) bond motifs is 1. The van der Waals surface area contributed by atoms with E-state index < -0.39 is 11.1 Å². The highest BCUT2D eigenvalue weighted by molar-refractivity contribution is 5.74. The first kappa shape index (κ1) is 24.1. The van der Waals surface area contributed by atoms with E-state index in [1.165, 1.54) is 24.3 Å². The first-order chi connectivity index (χ1) is 17.5. The van der Waals surface area contributed by atoms with E-state index in [0.29, 0.717) is 17.0 Å². The molecule has 0 atom stereocenters. The number of nitrogens with one attached hydrogen (secondary N) is 2. The van der Waals surface area contributed by atoms with Gasteiger partial charge in [-0.25, -0.2) is 8.78 Å². The van der Waals surface area contributed by atoms with Crippen LogP contribution >= 0.6 is 0 Å². The predicted molar refractivity (Wildman–Crippen MR) is 137 cm³/mol. The van der Waals surface area contributed by atoms with Gasteiger partial charge >= 0.3 is 11.1 Å². The standard InChI is InChI=1S/C29H29F2N3O2/c30-23-8-4-20(5-9-23)27(21-6-10-24(31)11-7-21)22-13-16-34(17-14-22)15-1-2-19-3-12-25-26(18-19)33-29(36)28(35)32-25/h3-12,18,22,27H,1-2,13-17H2,(H,32,35)(H,33,36). The molecule has 0 spiro atoms. The van der Waals surface area contributed by atoms with Crippen molar-refractivity contribution in [1.29, 1.82) is 0 Å². The Hall–Kier alpha value is -3.58. The number of rotatable bonds is 7. The number of hydrogen-bond donors (Lipinski definition) is 2. The van der Waals surface area contributed by atoms with Crippen LogP contribution in [0, 0.1) is 17.6 Å². The topological polar surface area (TPSA) is 69.0 Å². The third-order valence-corrected chi connectivity index (χ3v) is 7.29. The maximum absolute atomic E-state index is 13.6. The van der Waals surface area contributed by atoms with Gasteiger partial charge in [-0.3, -0.25) is 9.59 Å². The van der Waals surface area contributed by atoms with E-state index in [4.69, 9.17) is 0 Å². The summed E-state index contributed by atoms with van der Waals surface area (Å²) in [4.78, 5) is 30.8. The summed E-state index contributed by atoms with van der Waals surface area (Å²) < 4.78 is 27.1. The number of hydrogen-bond acceptors (Lipinski definition) is 3. The molecule has 7 heteroatoms. The van der Waals surface area contributed by atoms with Crippen LogP contribution in [0.25, 0.3) is 11.0 Å². The Kier molecular flexibility index (Phi) is 7.09. The monoisotopic (exact) mass is 489 g/mol. The average Bonchev–Trinajstić information content (AvgIpc) is 2.88. The number of aryl methyl sites for hydroxylation is 1. The Bertz CT molecular complexity index is 1390. The molecule has 0 amide bonds. The number of aromatic nitrogens is 2. The number of likely N-dealkylation sites (tertiary alicyclic amines) is 1. The summed E-state index contributed by atoms with van der Waals surface area (Å²) in [5.74, 6) is 0.00570. The van der Waals surface area contributed by atoms with Gasteiger partial charge in [-0.15, -0.1) is 0 Å². The van der Waals surface area contributed by atoms with Crippen LogP contribution in [0.5, 0.6) is 0 Å². The zero-order valence-corrected chi connectivity index (χ0v) is 20.0. The van der Waals surface area contributed by atoms with Crippen molar-refractivity contribution in [3.8, 4) is 0 Å². The van der Waals surface area contributed by atoms with Crippen molar-refractivity contribution in [1.82, 2.24) is 14.9 Å². The summed E-state index contributed by atoms with van der Waals surface area (Å²) >= 11 is 0. The van der Waals surface area contributed by atoms with Crippen molar-refractivity contribution in [2.45, 2.75) is 31.6 Å². The third-order valence-electron chi connectivity index (χ3n) is 7.29. The lowest BCUT2D eigenvalue weighted by Crippen LogP contribution is -2.36. The van der Waals surface area contributed by atoms with Gasteiger partial charge in [0.25, 0.3) is 0 Å². The lowest BCUT2D eigenvalue weighted by atomic mass is 9.76. The van der Waals surface area contributed by atoms with Gasteiger partial charge in [-0.2, -0.15) is 0 Å². The highest BCUT2D eigenvalue weighted by Crippen LogP contribution is 2.38. The second-order valence-electron chi connectivity index (χ2n) is 9.65. The summed E-state index contributed by atoms with van der Waals surface area (Å²) in [5.41, 5.74) is 3.25. The molecule has 1 fully saturated rings. The van der Waals surface area contributed by atoms with Gasteiger partial charge in [0.1, 0.15) is 11.6 Å². The van der Waals surface area contributed by atoms with Crippen molar-refractivity contribution in [2.75, 3.05) is 19.6 Å². The molecular weight excluding hydrogens is 460 g/mol. The number of benzene rings is 3. The van der Waals surface area contributed by atoms with Gasteiger partial charge in [-0.1, -0.05) is 30.3 Å². The van der Waals surface area contributed by atoms with Gasteiger partial charge in [0.05, 0.1) is 11.0 Å². The van der Waals surface area contributed by atoms with Crippen LogP contribution in [0.2, 0.25) is 0 Å². The molecule has 0 unspecified atom stereocenters. The number of aromatic amines is 2. The lowest BCUT2D eigenvalue weighted by Gasteiger charge is -2.36. The molecule has 5 rings (SSSR count). The molecule has 0 saturated carbocycles. The molecule has 186 valence electrons. The molecule has 0 aliphatic carbocycles. The summed E-state index contributed by atoms with van der Waals surface area (Å²) in [6.07, 6.45) is 3.90. The van der Waals surface area contributed by atoms with E-state index in [2.05, 4.69) is 14.9 Å². The van der Waals surface area contributed by atoms with Crippen LogP contribution in [0.15, 0.2) is 76.3 Å². The minimum Gasteiger partial charge on any atom is -0.316 e. The number of H-pyrrole nitrogens is 2. The minimum atomic E-state index is -0.639. The Morgan fingerprint density at radius 2 is 1.33 bits per heavy atom. The van der Waals surface area contributed by atoms with Crippen LogP contribution in [-0.2, 0) is 6.42 Å². The first-order valence-electron chi connectivity index (χ1n) is 12.4. The first-order valence-corrected chi connectivity index (χ1v) is 12.4. The molecule has 1 aliphatic rings. The fourth-order valence-corrected chi connectivity index (χ4v) is 5.41. The minimum absolute atomic E-state index is 0.111. The second-order valence-corrected chi connectivity index (χ2v) is 9.65. The molecule has 36 heavy (non-hydrogen) atoms. The van der Waals surface area contributed by atoms with Gasteiger partial charge in [0.2, 0.25) is 0 Å². The van der Waals surface area contributed by atoms with Gasteiger partial charge in [0, 0.05) is 5.92 Å². The van der Waals surface area contributed by atoms with Gasteiger partial charge in [0.15, 0.2) is 0 Å². The smallest absolute Gasteiger partial charge is 0.314 e. The molecule has 3 aromatic carbocycles. The summed E-state index contributed by atoms with van der Waals surface area (Å²) in [5, 5.41) is 0. The fraction of sp³-hybridized carbons (Fsp3) is 0.310. The Morgan fingerprint density at radius 1 is 0.778 bits per heavy atom. The molecule has 5 nitrogen and oxygen atoms in total. The zero-order chi connectivity index (χ0) is 25.1. The quantitative estimate of drug-likeness (QED) is 0.360. The van der Waals surface area contributed by atoms with E-state index >= 15 is 0 Å². The molecule has 0 bridgehead atoms. The Morgan fingerprint density at radius 3 is 1.92 bits per heavy atom. The summed E-state index contributed by atoms with van der Waals surface area (Å²) in [6.45, 7) is 2.94. The molecule has 4 aromatic rings. The molecular formula is C29H29F2N3O2. The fourth-order valence-electron chi connectivity index (χ4n) is 5.41. The predicted octanol–water partition coefficient (Wildman–Crippen LogP) is 4.97. The average molecular weight is 490 g/mol. The van der Waals surface area contributed by atoms with Crippen molar-refractivity contribution in [2.24, 2.45) is 5.92 Å². The molecule has 1 aliphatic heterocycles. The van der Waals surface area contributed by atoms with Crippen molar-refractivity contribution >= 4 is 11.0 Å². The largest absolute Gasteiger partial charge is 0.316 e. The third kappa shape index (κ3) is 5.46. The van der Waals surface area contributed by atoms with E-state index in [1.807, 2.05) is 42.5 Å². The SMILES string of the molecule is O=c1[nH]c2ccc(CCCN3CCC(C(c4ccc(F)cc4)c4ccc(F)cc4)CC3)cc2[nH]c1=O. The molecule has 1 aromatic heterocycles. The lowest BCUT2D eigenvalue weighted by molar-refractivity contribution is 0.173. The highest BCUT2D eigenvalue weighted by atomic mass is 19.1. The van der Waals surface area contributed by atoms with Crippen molar-refractivity contribution in [3.05, 3.63) is 116 Å². The maximum atomic E-state index is 13.6. The van der Waals surface area contributed by atoms with Crippen LogP contribution in [0.1, 0.15) is 41.9 Å². The van der Waals surface area contributed by atoms with Crippen LogP contribution in [0.3, 0.4) is 0 Å². The van der Waals surface area contributed by atoms with Gasteiger partial charge < -0.3 is 14.9 Å². The molecule has 2 N–H and O–H groups in total. The van der Waals surface area contributed by atoms with Crippen molar-refractivity contribution < 1.29 is 8.78 Å². The Labute approximate surface area is 207 Å². The maximum Gasteiger partial charge on any atom is 0.314 e. The summed E-state index contributed by atoms with van der Waals surface area (Å²) in [7, 11) is 0. The molecule has 2 heterocycles. The zero-order valence-electron chi connectivity index (χ0n) is 20.0. The van der Waals surface area contributed by atoms with Crippen LogP contribution < -0.4 is 11.1 Å². The second kappa shape index (κ2) is 10.6. The van der Waals surface area contributed by atoms with Crippen molar-refractivity contribution in [3.63, 3.8) is 0 Å². The normalized spacial score (nSPS) is 15.1. The van der Waals surface area contributed by atoms with E-state index in [9.17, 15) is 18.4 Å². The van der Waals surface area contributed by atoms with Gasteiger partial charge in [-0.05, 0) is 104 Å². The molecule has 0 radical (unpaired) electrons.